The number of rotatable bonds is 4. The summed E-state index contributed by atoms with van der Waals surface area (Å²) in [5, 5.41) is 0. The first kappa shape index (κ1) is 12.0. The number of anilines is 2. The van der Waals surface area contributed by atoms with Crippen molar-refractivity contribution >= 4 is 11.9 Å². The molecule has 0 unspecified atom stereocenters. The lowest BCUT2D eigenvalue weighted by atomic mass is 10.2. The van der Waals surface area contributed by atoms with E-state index in [0.29, 0.717) is 11.9 Å². The molecule has 0 spiro atoms. The van der Waals surface area contributed by atoms with Crippen LogP contribution in [-0.4, -0.2) is 41.3 Å². The molecule has 1 fully saturated rings. The highest BCUT2D eigenvalue weighted by Gasteiger charge is 2.15. The maximum atomic E-state index is 5.72. The van der Waals surface area contributed by atoms with Crippen LogP contribution in [0.2, 0.25) is 0 Å². The lowest BCUT2D eigenvalue weighted by molar-refractivity contribution is 0.122. The lowest BCUT2D eigenvalue weighted by Gasteiger charge is -2.26. The number of nitrogens with zero attached hydrogens (tertiary/aromatic N) is 4. The first-order valence-corrected chi connectivity index (χ1v) is 6.12. The molecule has 1 aliphatic heterocycles. The highest BCUT2D eigenvalue weighted by atomic mass is 16.5. The summed E-state index contributed by atoms with van der Waals surface area (Å²) in [6.45, 7) is 5.21. The van der Waals surface area contributed by atoms with Gasteiger partial charge in [0.15, 0.2) is 0 Å². The van der Waals surface area contributed by atoms with Crippen molar-refractivity contribution in [3.8, 4) is 0 Å². The van der Waals surface area contributed by atoms with E-state index in [4.69, 9.17) is 10.5 Å². The molecule has 1 aromatic rings. The van der Waals surface area contributed by atoms with Crippen LogP contribution < -0.4 is 10.6 Å². The van der Waals surface area contributed by atoms with E-state index in [1.54, 1.807) is 0 Å². The average Bonchev–Trinajstić information content (AvgIpc) is 2.37. The van der Waals surface area contributed by atoms with E-state index in [2.05, 4.69) is 26.8 Å². The van der Waals surface area contributed by atoms with Crippen molar-refractivity contribution in [2.75, 3.05) is 36.9 Å². The van der Waals surface area contributed by atoms with Gasteiger partial charge in [0.2, 0.25) is 11.9 Å². The zero-order chi connectivity index (χ0) is 12.1. The second kappa shape index (κ2) is 5.77. The number of aromatic nitrogens is 3. The number of morpholine rings is 1. The predicted octanol–water partition coefficient (Wildman–Crippen LogP) is 0.633. The third kappa shape index (κ3) is 3.26. The molecule has 17 heavy (non-hydrogen) atoms. The fraction of sp³-hybridized carbons (Fsp3) is 0.727. The van der Waals surface area contributed by atoms with Crippen molar-refractivity contribution in [1.82, 2.24) is 15.0 Å². The van der Waals surface area contributed by atoms with Gasteiger partial charge in [-0.2, -0.15) is 15.0 Å². The first-order chi connectivity index (χ1) is 8.29. The second-order valence-corrected chi connectivity index (χ2v) is 4.11. The molecule has 0 atom stereocenters. The van der Waals surface area contributed by atoms with E-state index in [-0.39, 0.29) is 0 Å². The van der Waals surface area contributed by atoms with Crippen molar-refractivity contribution in [2.24, 2.45) is 0 Å². The maximum Gasteiger partial charge on any atom is 0.230 e. The van der Waals surface area contributed by atoms with Gasteiger partial charge in [-0.3, -0.25) is 0 Å². The molecule has 2 rings (SSSR count). The van der Waals surface area contributed by atoms with Crippen molar-refractivity contribution in [3.05, 3.63) is 5.82 Å². The molecule has 0 amide bonds. The summed E-state index contributed by atoms with van der Waals surface area (Å²) in [7, 11) is 0. The molecule has 1 saturated heterocycles. The minimum absolute atomic E-state index is 0.313. The van der Waals surface area contributed by atoms with Gasteiger partial charge in [-0.1, -0.05) is 13.3 Å². The molecule has 6 nitrogen and oxygen atoms in total. The van der Waals surface area contributed by atoms with E-state index >= 15 is 0 Å². The second-order valence-electron chi connectivity index (χ2n) is 4.11. The monoisotopic (exact) mass is 237 g/mol. The number of nitrogen functional groups attached to an aromatic ring is 1. The number of unbranched alkanes of at least 4 members (excludes halogenated alkanes) is 1. The fourth-order valence-corrected chi connectivity index (χ4v) is 1.78. The molecule has 0 aliphatic carbocycles. The van der Waals surface area contributed by atoms with Gasteiger partial charge in [0.25, 0.3) is 0 Å². The Morgan fingerprint density at radius 3 is 2.71 bits per heavy atom. The van der Waals surface area contributed by atoms with Crippen LogP contribution in [0.25, 0.3) is 0 Å². The summed E-state index contributed by atoms with van der Waals surface area (Å²) in [4.78, 5) is 14.9. The Labute approximate surface area is 101 Å². The summed E-state index contributed by atoms with van der Waals surface area (Å²) in [5.74, 6) is 1.79. The molecule has 0 bridgehead atoms. The normalized spacial score (nSPS) is 16.2. The Kier molecular flexibility index (Phi) is 4.08. The fourth-order valence-electron chi connectivity index (χ4n) is 1.78. The van der Waals surface area contributed by atoms with Crippen LogP contribution in [0.15, 0.2) is 0 Å². The van der Waals surface area contributed by atoms with Crippen LogP contribution in [0.4, 0.5) is 11.9 Å². The quantitative estimate of drug-likeness (QED) is 0.827. The van der Waals surface area contributed by atoms with Crippen molar-refractivity contribution in [3.63, 3.8) is 0 Å². The highest BCUT2D eigenvalue weighted by molar-refractivity contribution is 5.35. The molecule has 6 heteroatoms. The van der Waals surface area contributed by atoms with Gasteiger partial charge >= 0.3 is 0 Å². The Hall–Kier alpha value is -1.43. The van der Waals surface area contributed by atoms with Crippen LogP contribution in [-0.2, 0) is 11.2 Å². The largest absolute Gasteiger partial charge is 0.378 e. The predicted molar refractivity (Wildman–Crippen MR) is 65.9 cm³/mol. The summed E-state index contributed by atoms with van der Waals surface area (Å²) < 4.78 is 5.30. The molecule has 0 saturated carbocycles. The third-order valence-corrected chi connectivity index (χ3v) is 2.74. The van der Waals surface area contributed by atoms with Gasteiger partial charge in [-0.25, -0.2) is 0 Å². The van der Waals surface area contributed by atoms with Crippen molar-refractivity contribution < 1.29 is 4.74 Å². The van der Waals surface area contributed by atoms with Gasteiger partial charge in [0.1, 0.15) is 5.82 Å². The molecule has 2 N–H and O–H groups in total. The first-order valence-electron chi connectivity index (χ1n) is 6.12. The standard InChI is InChI=1S/C11H19N5O/c1-2-3-4-9-13-10(12)15-11(14-9)16-5-7-17-8-6-16/h2-8H2,1H3,(H2,12,13,14,15). The molecular formula is C11H19N5O. The smallest absolute Gasteiger partial charge is 0.230 e. The maximum absolute atomic E-state index is 5.72. The molecule has 2 heterocycles. The number of aryl methyl sites for hydroxylation is 1. The average molecular weight is 237 g/mol. The summed E-state index contributed by atoms with van der Waals surface area (Å²) >= 11 is 0. The summed E-state index contributed by atoms with van der Waals surface area (Å²) in [5.41, 5.74) is 5.72. The summed E-state index contributed by atoms with van der Waals surface area (Å²) in [6.07, 6.45) is 3.06. The Bertz CT molecular complexity index is 365. The Balaban J connectivity index is 2.12. The number of hydrogen-bond donors (Lipinski definition) is 1. The molecule has 1 aromatic heterocycles. The molecule has 0 aromatic carbocycles. The van der Waals surface area contributed by atoms with Crippen LogP contribution in [0.3, 0.4) is 0 Å². The Morgan fingerprint density at radius 1 is 1.24 bits per heavy atom. The van der Waals surface area contributed by atoms with Crippen molar-refractivity contribution in [1.29, 1.82) is 0 Å². The number of ether oxygens (including phenoxy) is 1. The van der Waals surface area contributed by atoms with Crippen LogP contribution in [0.1, 0.15) is 25.6 Å². The molecular weight excluding hydrogens is 218 g/mol. The molecule has 94 valence electrons. The van der Waals surface area contributed by atoms with Crippen LogP contribution in [0.5, 0.6) is 0 Å². The molecule has 0 radical (unpaired) electrons. The highest BCUT2D eigenvalue weighted by Crippen LogP contribution is 2.12. The Morgan fingerprint density at radius 2 is 2.00 bits per heavy atom. The third-order valence-electron chi connectivity index (χ3n) is 2.74. The number of nitrogens with two attached hydrogens (primary N) is 1. The minimum Gasteiger partial charge on any atom is -0.378 e. The zero-order valence-electron chi connectivity index (χ0n) is 10.2. The van der Waals surface area contributed by atoms with E-state index < -0.39 is 0 Å². The van der Waals surface area contributed by atoms with E-state index in [1.165, 1.54) is 0 Å². The SMILES string of the molecule is CCCCc1nc(N)nc(N2CCOCC2)n1. The van der Waals surface area contributed by atoms with E-state index in [9.17, 15) is 0 Å². The van der Waals surface area contributed by atoms with Crippen molar-refractivity contribution in [2.45, 2.75) is 26.2 Å². The van der Waals surface area contributed by atoms with Gasteiger partial charge in [-0.05, 0) is 6.42 Å². The topological polar surface area (TPSA) is 77.2 Å². The zero-order valence-corrected chi connectivity index (χ0v) is 10.2. The molecule has 1 aliphatic rings. The van der Waals surface area contributed by atoms with E-state index in [0.717, 1.165) is 51.4 Å². The van der Waals surface area contributed by atoms with Crippen LogP contribution >= 0.6 is 0 Å². The lowest BCUT2D eigenvalue weighted by Crippen LogP contribution is -2.37. The number of hydrogen-bond acceptors (Lipinski definition) is 6. The van der Waals surface area contributed by atoms with Gasteiger partial charge in [-0.15, -0.1) is 0 Å². The minimum atomic E-state index is 0.313. The summed E-state index contributed by atoms with van der Waals surface area (Å²) in [6, 6.07) is 0. The van der Waals surface area contributed by atoms with E-state index in [1.807, 2.05) is 0 Å². The van der Waals surface area contributed by atoms with Gasteiger partial charge in [0.05, 0.1) is 13.2 Å². The van der Waals surface area contributed by atoms with Crippen LogP contribution in [0, 0.1) is 0 Å². The van der Waals surface area contributed by atoms with Gasteiger partial charge < -0.3 is 15.4 Å². The van der Waals surface area contributed by atoms with Gasteiger partial charge in [0, 0.05) is 19.5 Å².